The molecule has 1 aliphatic rings. The van der Waals surface area contributed by atoms with Crippen LogP contribution in [0.25, 0.3) is 0 Å². The first-order chi connectivity index (χ1) is 10.0. The maximum Gasteiger partial charge on any atom is 0.266 e. The number of hydrogen-bond acceptors (Lipinski definition) is 3. The summed E-state index contributed by atoms with van der Waals surface area (Å²) in [5.74, 6) is -0.637. The Kier molecular flexibility index (Phi) is 3.18. The number of carbonyl (C=O) groups excluding carboxylic acids is 2. The molecule has 0 saturated heterocycles. The van der Waals surface area contributed by atoms with Crippen LogP contribution in [-0.4, -0.2) is 25.9 Å². The van der Waals surface area contributed by atoms with Crippen LogP contribution in [0.2, 0.25) is 5.02 Å². The summed E-state index contributed by atoms with van der Waals surface area (Å²) in [6.07, 6.45) is 0. The number of imide groups is 1. The second-order valence-corrected chi connectivity index (χ2v) is 5.46. The average molecular weight is 301 g/mol. The second-order valence-electron chi connectivity index (χ2n) is 5.02. The fourth-order valence-corrected chi connectivity index (χ4v) is 2.63. The molecule has 0 N–H and O–H groups in total. The quantitative estimate of drug-likeness (QED) is 0.800. The van der Waals surface area contributed by atoms with Crippen molar-refractivity contribution >= 4 is 34.8 Å². The fraction of sp³-hybridized carbons (Fsp3) is 0.125. The van der Waals surface area contributed by atoms with Gasteiger partial charge in [-0.3, -0.25) is 9.59 Å². The molecule has 4 nitrogen and oxygen atoms in total. The van der Waals surface area contributed by atoms with Gasteiger partial charge in [-0.2, -0.15) is 0 Å². The molecule has 2 amide bonds. The third kappa shape index (κ3) is 2.08. The van der Waals surface area contributed by atoms with Gasteiger partial charge in [0.15, 0.2) is 0 Å². The standard InChI is InChI=1S/C16H13ClN2O2/c1-18(2)13-8-7-10(17)9-14(13)19-15(20)11-5-3-4-6-12(11)16(19)21/h3-9H,1-2H3. The minimum atomic E-state index is -0.319. The molecule has 0 saturated carbocycles. The molecule has 21 heavy (non-hydrogen) atoms. The van der Waals surface area contributed by atoms with E-state index < -0.39 is 0 Å². The summed E-state index contributed by atoms with van der Waals surface area (Å²) >= 11 is 6.04. The van der Waals surface area contributed by atoms with Gasteiger partial charge in [-0.25, -0.2) is 4.90 Å². The van der Waals surface area contributed by atoms with Crippen LogP contribution in [-0.2, 0) is 0 Å². The molecule has 0 spiro atoms. The number of fused-ring (bicyclic) bond motifs is 1. The van der Waals surface area contributed by atoms with E-state index in [1.165, 1.54) is 4.90 Å². The number of halogens is 1. The number of anilines is 2. The molecule has 1 aliphatic heterocycles. The predicted octanol–water partition coefficient (Wildman–Crippen LogP) is 3.21. The molecule has 2 aromatic rings. The van der Waals surface area contributed by atoms with Gasteiger partial charge in [0.05, 0.1) is 22.5 Å². The van der Waals surface area contributed by atoms with E-state index in [-0.39, 0.29) is 11.8 Å². The highest BCUT2D eigenvalue weighted by molar-refractivity contribution is 6.36. The summed E-state index contributed by atoms with van der Waals surface area (Å²) in [4.78, 5) is 28.1. The van der Waals surface area contributed by atoms with Crippen molar-refractivity contribution in [3.05, 3.63) is 58.6 Å². The smallest absolute Gasteiger partial charge is 0.266 e. The number of carbonyl (C=O) groups is 2. The third-order valence-electron chi connectivity index (χ3n) is 3.45. The van der Waals surface area contributed by atoms with Crippen molar-refractivity contribution in [3.8, 4) is 0 Å². The summed E-state index contributed by atoms with van der Waals surface area (Å²) in [6, 6.07) is 12.0. The summed E-state index contributed by atoms with van der Waals surface area (Å²) in [7, 11) is 3.70. The average Bonchev–Trinajstić information content (AvgIpc) is 2.71. The van der Waals surface area contributed by atoms with Gasteiger partial charge in [0.2, 0.25) is 0 Å². The number of nitrogens with zero attached hydrogens (tertiary/aromatic N) is 2. The summed E-state index contributed by atoms with van der Waals surface area (Å²) in [5, 5.41) is 0.479. The Balaban J connectivity index is 2.17. The Morgan fingerprint density at radius 2 is 1.52 bits per heavy atom. The zero-order chi connectivity index (χ0) is 15.1. The zero-order valence-electron chi connectivity index (χ0n) is 11.6. The summed E-state index contributed by atoms with van der Waals surface area (Å²) in [5.41, 5.74) is 2.10. The minimum absolute atomic E-state index is 0.319. The topological polar surface area (TPSA) is 40.6 Å². The summed E-state index contributed by atoms with van der Waals surface area (Å²) < 4.78 is 0. The van der Waals surface area contributed by atoms with Crippen LogP contribution < -0.4 is 9.80 Å². The van der Waals surface area contributed by atoms with Gasteiger partial charge >= 0.3 is 0 Å². The number of hydrogen-bond donors (Lipinski definition) is 0. The van der Waals surface area contributed by atoms with E-state index in [4.69, 9.17) is 11.6 Å². The van der Waals surface area contributed by atoms with Gasteiger partial charge in [0.1, 0.15) is 0 Å². The van der Waals surface area contributed by atoms with Crippen LogP contribution in [0.15, 0.2) is 42.5 Å². The van der Waals surface area contributed by atoms with Crippen molar-refractivity contribution in [3.63, 3.8) is 0 Å². The molecule has 0 unspecified atom stereocenters. The maximum atomic E-state index is 12.5. The van der Waals surface area contributed by atoms with Crippen LogP contribution in [0.4, 0.5) is 11.4 Å². The molecule has 0 fully saturated rings. The van der Waals surface area contributed by atoms with Crippen molar-refractivity contribution < 1.29 is 9.59 Å². The van der Waals surface area contributed by atoms with Crippen LogP contribution in [0.1, 0.15) is 20.7 Å². The van der Waals surface area contributed by atoms with Crippen molar-refractivity contribution in [2.45, 2.75) is 0 Å². The summed E-state index contributed by atoms with van der Waals surface area (Å²) in [6.45, 7) is 0. The van der Waals surface area contributed by atoms with Crippen LogP contribution in [0.3, 0.4) is 0 Å². The normalized spacial score (nSPS) is 13.6. The molecule has 0 aliphatic carbocycles. The van der Waals surface area contributed by atoms with Crippen LogP contribution >= 0.6 is 11.6 Å². The molecule has 0 aromatic heterocycles. The fourth-order valence-electron chi connectivity index (χ4n) is 2.46. The Hall–Kier alpha value is -2.33. The van der Waals surface area contributed by atoms with Gasteiger partial charge in [0.25, 0.3) is 11.8 Å². The van der Waals surface area contributed by atoms with Gasteiger partial charge in [-0.1, -0.05) is 23.7 Å². The van der Waals surface area contributed by atoms with E-state index in [9.17, 15) is 9.59 Å². The first-order valence-corrected chi connectivity index (χ1v) is 6.83. The first-order valence-electron chi connectivity index (χ1n) is 6.45. The molecule has 3 rings (SSSR count). The molecule has 0 radical (unpaired) electrons. The monoisotopic (exact) mass is 300 g/mol. The van der Waals surface area contributed by atoms with Gasteiger partial charge in [-0.15, -0.1) is 0 Å². The van der Waals surface area contributed by atoms with Crippen molar-refractivity contribution in [2.24, 2.45) is 0 Å². The van der Waals surface area contributed by atoms with Gasteiger partial charge in [-0.05, 0) is 30.3 Å². The number of rotatable bonds is 2. The van der Waals surface area contributed by atoms with E-state index in [0.717, 1.165) is 5.69 Å². The highest BCUT2D eigenvalue weighted by Crippen LogP contribution is 2.36. The largest absolute Gasteiger partial charge is 0.376 e. The zero-order valence-corrected chi connectivity index (χ0v) is 12.4. The lowest BCUT2D eigenvalue weighted by Gasteiger charge is -2.22. The van der Waals surface area contributed by atoms with E-state index in [2.05, 4.69) is 0 Å². The predicted molar refractivity (Wildman–Crippen MR) is 83.4 cm³/mol. The Bertz CT molecular complexity index is 721. The van der Waals surface area contributed by atoms with Crippen LogP contribution in [0.5, 0.6) is 0 Å². The molecule has 5 heteroatoms. The van der Waals surface area contributed by atoms with Crippen LogP contribution in [0, 0.1) is 0 Å². The number of benzene rings is 2. The molecule has 1 heterocycles. The second kappa shape index (κ2) is 4.90. The lowest BCUT2D eigenvalue weighted by atomic mass is 10.1. The van der Waals surface area contributed by atoms with Gasteiger partial charge < -0.3 is 4.90 Å². The molecule has 106 valence electrons. The molecule has 2 aromatic carbocycles. The minimum Gasteiger partial charge on any atom is -0.376 e. The number of amides is 2. The highest BCUT2D eigenvalue weighted by Gasteiger charge is 2.37. The Morgan fingerprint density at radius 1 is 0.952 bits per heavy atom. The molecular formula is C16H13ClN2O2. The molecular weight excluding hydrogens is 288 g/mol. The lowest BCUT2D eigenvalue weighted by molar-refractivity contribution is 0.0926. The lowest BCUT2D eigenvalue weighted by Crippen LogP contribution is -2.31. The van der Waals surface area contributed by atoms with Crippen molar-refractivity contribution in [1.82, 2.24) is 0 Å². The highest BCUT2D eigenvalue weighted by atomic mass is 35.5. The molecule has 0 atom stereocenters. The van der Waals surface area contributed by atoms with E-state index >= 15 is 0 Å². The van der Waals surface area contributed by atoms with E-state index in [1.54, 1.807) is 42.5 Å². The maximum absolute atomic E-state index is 12.5. The van der Waals surface area contributed by atoms with Crippen molar-refractivity contribution in [2.75, 3.05) is 23.9 Å². The third-order valence-corrected chi connectivity index (χ3v) is 3.69. The first kappa shape index (κ1) is 13.6. The van der Waals surface area contributed by atoms with Crippen molar-refractivity contribution in [1.29, 1.82) is 0 Å². The molecule has 0 bridgehead atoms. The van der Waals surface area contributed by atoms with E-state index in [1.807, 2.05) is 19.0 Å². The SMILES string of the molecule is CN(C)c1ccc(Cl)cc1N1C(=O)c2ccccc2C1=O. The van der Waals surface area contributed by atoms with Gasteiger partial charge in [0, 0.05) is 19.1 Å². The van der Waals surface area contributed by atoms with E-state index in [0.29, 0.717) is 21.8 Å². The Labute approximate surface area is 127 Å². The Morgan fingerprint density at radius 3 is 2.05 bits per heavy atom.